The van der Waals surface area contributed by atoms with Crippen LogP contribution in [0.2, 0.25) is 0 Å². The lowest BCUT2D eigenvalue weighted by atomic mass is 9.84. The normalized spacial score (nSPS) is 11.5. The fraction of sp³-hybridized carbons (Fsp3) is 0.462. The lowest BCUT2D eigenvalue weighted by molar-refractivity contribution is -0.146. The van der Waals surface area contributed by atoms with Crippen LogP contribution >= 0.6 is 15.9 Å². The average molecular weight is 301 g/mol. The topological polar surface area (TPSA) is 46.5 Å². The van der Waals surface area contributed by atoms with Crippen LogP contribution in [0.4, 0.5) is 0 Å². The summed E-state index contributed by atoms with van der Waals surface area (Å²) < 4.78 is 6.07. The number of carbonyl (C=O) groups is 1. The second-order valence-corrected chi connectivity index (χ2v) is 5.63. The van der Waals surface area contributed by atoms with Crippen molar-refractivity contribution in [3.63, 3.8) is 0 Å². The SMILES string of the molecule is COCc1ccc(Br)cc1CC(C)(C)C(=O)O. The van der Waals surface area contributed by atoms with Crippen LogP contribution in [-0.2, 0) is 22.6 Å². The minimum Gasteiger partial charge on any atom is -0.481 e. The van der Waals surface area contributed by atoms with Gasteiger partial charge >= 0.3 is 5.97 Å². The highest BCUT2D eigenvalue weighted by atomic mass is 79.9. The third-order valence-corrected chi connectivity index (χ3v) is 3.17. The number of carboxylic acid groups (broad SMARTS) is 1. The fourth-order valence-electron chi connectivity index (χ4n) is 1.61. The molecular formula is C13H17BrO3. The first kappa shape index (κ1) is 14.2. The molecule has 0 atom stereocenters. The Morgan fingerprint density at radius 1 is 1.41 bits per heavy atom. The predicted octanol–water partition coefficient (Wildman–Crippen LogP) is 3.25. The third kappa shape index (κ3) is 3.82. The van der Waals surface area contributed by atoms with Gasteiger partial charge in [0.25, 0.3) is 0 Å². The molecule has 0 unspecified atom stereocenters. The van der Waals surface area contributed by atoms with Gasteiger partial charge in [0.15, 0.2) is 0 Å². The zero-order valence-corrected chi connectivity index (χ0v) is 11.9. The molecule has 0 aromatic heterocycles. The molecule has 0 spiro atoms. The first-order valence-electron chi connectivity index (χ1n) is 5.36. The first-order chi connectivity index (χ1) is 7.86. The Balaban J connectivity index is 3.03. The molecule has 0 radical (unpaired) electrons. The number of rotatable bonds is 5. The van der Waals surface area contributed by atoms with Crippen LogP contribution in [0.25, 0.3) is 0 Å². The van der Waals surface area contributed by atoms with E-state index in [0.29, 0.717) is 13.0 Å². The van der Waals surface area contributed by atoms with E-state index >= 15 is 0 Å². The van der Waals surface area contributed by atoms with Crippen LogP contribution in [0, 0.1) is 5.41 Å². The number of benzene rings is 1. The second kappa shape index (κ2) is 5.65. The zero-order valence-electron chi connectivity index (χ0n) is 10.3. The second-order valence-electron chi connectivity index (χ2n) is 4.71. The number of ether oxygens (including phenoxy) is 1. The number of methoxy groups -OCH3 is 1. The Morgan fingerprint density at radius 3 is 2.59 bits per heavy atom. The van der Waals surface area contributed by atoms with Gasteiger partial charge in [-0.05, 0) is 43.5 Å². The van der Waals surface area contributed by atoms with Gasteiger partial charge < -0.3 is 9.84 Å². The Labute approximate surface area is 110 Å². The Morgan fingerprint density at radius 2 is 2.06 bits per heavy atom. The van der Waals surface area contributed by atoms with Crippen LogP contribution in [-0.4, -0.2) is 18.2 Å². The smallest absolute Gasteiger partial charge is 0.309 e. The summed E-state index contributed by atoms with van der Waals surface area (Å²) in [7, 11) is 1.63. The first-order valence-corrected chi connectivity index (χ1v) is 6.16. The molecule has 1 N–H and O–H groups in total. The van der Waals surface area contributed by atoms with Crippen molar-refractivity contribution in [2.24, 2.45) is 5.41 Å². The lowest BCUT2D eigenvalue weighted by Gasteiger charge is -2.21. The number of aliphatic carboxylic acids is 1. The highest BCUT2D eigenvalue weighted by Gasteiger charge is 2.28. The van der Waals surface area contributed by atoms with Gasteiger partial charge in [-0.2, -0.15) is 0 Å². The molecule has 1 aromatic carbocycles. The molecule has 0 saturated heterocycles. The molecular weight excluding hydrogens is 284 g/mol. The quantitative estimate of drug-likeness (QED) is 0.908. The van der Waals surface area contributed by atoms with E-state index < -0.39 is 11.4 Å². The average Bonchev–Trinajstić information content (AvgIpc) is 2.21. The maximum Gasteiger partial charge on any atom is 0.309 e. The molecule has 0 bridgehead atoms. The number of hydrogen-bond donors (Lipinski definition) is 1. The van der Waals surface area contributed by atoms with E-state index in [2.05, 4.69) is 15.9 Å². The molecule has 3 nitrogen and oxygen atoms in total. The zero-order chi connectivity index (χ0) is 13.1. The highest BCUT2D eigenvalue weighted by molar-refractivity contribution is 9.10. The van der Waals surface area contributed by atoms with Gasteiger partial charge in [-0.3, -0.25) is 4.79 Å². The minimum absolute atomic E-state index is 0.487. The van der Waals surface area contributed by atoms with Gasteiger partial charge in [0.1, 0.15) is 0 Å². The predicted molar refractivity (Wildman–Crippen MR) is 70.0 cm³/mol. The number of hydrogen-bond acceptors (Lipinski definition) is 2. The van der Waals surface area contributed by atoms with Crippen molar-refractivity contribution in [1.82, 2.24) is 0 Å². The van der Waals surface area contributed by atoms with E-state index in [9.17, 15) is 4.79 Å². The van der Waals surface area contributed by atoms with E-state index in [1.54, 1.807) is 21.0 Å². The van der Waals surface area contributed by atoms with Gasteiger partial charge in [0.05, 0.1) is 12.0 Å². The summed E-state index contributed by atoms with van der Waals surface area (Å²) in [4.78, 5) is 11.1. The van der Waals surface area contributed by atoms with Crippen molar-refractivity contribution in [2.45, 2.75) is 26.9 Å². The summed E-state index contributed by atoms with van der Waals surface area (Å²) in [5, 5.41) is 9.15. The maximum atomic E-state index is 11.1. The van der Waals surface area contributed by atoms with Crippen LogP contribution in [0.5, 0.6) is 0 Å². The van der Waals surface area contributed by atoms with E-state index in [1.165, 1.54) is 0 Å². The van der Waals surface area contributed by atoms with Gasteiger partial charge in [-0.1, -0.05) is 22.0 Å². The van der Waals surface area contributed by atoms with Crippen LogP contribution in [0.15, 0.2) is 22.7 Å². The molecule has 4 heteroatoms. The standard InChI is InChI=1S/C13H17BrO3/c1-13(2,12(15)16)7-10-6-11(14)5-4-9(10)8-17-3/h4-6H,7-8H2,1-3H3,(H,15,16). The Hall–Kier alpha value is -0.870. The molecule has 0 fully saturated rings. The molecule has 1 aromatic rings. The Kier molecular flexibility index (Phi) is 4.71. The van der Waals surface area contributed by atoms with Crippen LogP contribution in [0.1, 0.15) is 25.0 Å². The summed E-state index contributed by atoms with van der Waals surface area (Å²) in [6.07, 6.45) is 0.487. The molecule has 0 aliphatic heterocycles. The molecule has 0 aliphatic carbocycles. The molecule has 0 aliphatic rings. The summed E-state index contributed by atoms with van der Waals surface area (Å²) in [5.74, 6) is -0.791. The van der Waals surface area contributed by atoms with E-state index in [4.69, 9.17) is 9.84 Å². The van der Waals surface area contributed by atoms with Crippen molar-refractivity contribution in [3.05, 3.63) is 33.8 Å². The van der Waals surface area contributed by atoms with E-state index in [-0.39, 0.29) is 0 Å². The van der Waals surface area contributed by atoms with Crippen LogP contribution in [0.3, 0.4) is 0 Å². The third-order valence-electron chi connectivity index (χ3n) is 2.68. The van der Waals surface area contributed by atoms with Crippen molar-refractivity contribution in [2.75, 3.05) is 7.11 Å². The molecule has 0 heterocycles. The number of halogens is 1. The summed E-state index contributed by atoms with van der Waals surface area (Å²) in [6, 6.07) is 5.85. The van der Waals surface area contributed by atoms with Gasteiger partial charge in [-0.15, -0.1) is 0 Å². The van der Waals surface area contributed by atoms with Gasteiger partial charge in [0.2, 0.25) is 0 Å². The highest BCUT2D eigenvalue weighted by Crippen LogP contribution is 2.26. The summed E-state index contributed by atoms with van der Waals surface area (Å²) in [5.41, 5.74) is 1.27. The molecule has 94 valence electrons. The summed E-state index contributed by atoms with van der Waals surface area (Å²) in [6.45, 7) is 3.96. The van der Waals surface area contributed by atoms with E-state index in [0.717, 1.165) is 15.6 Å². The molecule has 0 amide bonds. The Bertz CT molecular complexity index is 413. The van der Waals surface area contributed by atoms with Crippen molar-refractivity contribution >= 4 is 21.9 Å². The van der Waals surface area contributed by atoms with Crippen molar-refractivity contribution in [1.29, 1.82) is 0 Å². The molecule has 1 rings (SSSR count). The lowest BCUT2D eigenvalue weighted by Crippen LogP contribution is -2.26. The van der Waals surface area contributed by atoms with Gasteiger partial charge in [-0.25, -0.2) is 0 Å². The molecule has 17 heavy (non-hydrogen) atoms. The van der Waals surface area contributed by atoms with Crippen molar-refractivity contribution in [3.8, 4) is 0 Å². The largest absolute Gasteiger partial charge is 0.481 e. The van der Waals surface area contributed by atoms with Gasteiger partial charge in [0, 0.05) is 11.6 Å². The van der Waals surface area contributed by atoms with Crippen LogP contribution < -0.4 is 0 Å². The summed E-state index contributed by atoms with van der Waals surface area (Å²) >= 11 is 3.40. The number of carboxylic acids is 1. The monoisotopic (exact) mass is 300 g/mol. The van der Waals surface area contributed by atoms with Crippen molar-refractivity contribution < 1.29 is 14.6 Å². The minimum atomic E-state index is -0.791. The molecule has 0 saturated carbocycles. The maximum absolute atomic E-state index is 11.1. The fourth-order valence-corrected chi connectivity index (χ4v) is 2.02. The van der Waals surface area contributed by atoms with E-state index in [1.807, 2.05) is 18.2 Å².